The van der Waals surface area contributed by atoms with E-state index in [2.05, 4.69) is 43.3 Å². The number of hydrogen-bond donors (Lipinski definition) is 0. The van der Waals surface area contributed by atoms with Gasteiger partial charge in [0.2, 0.25) is 0 Å². The first kappa shape index (κ1) is 17.0. The van der Waals surface area contributed by atoms with Gasteiger partial charge in [0.05, 0.1) is 18.8 Å². The minimum absolute atomic E-state index is 0.473. The van der Waals surface area contributed by atoms with Crippen LogP contribution in [-0.4, -0.2) is 58.1 Å². The summed E-state index contributed by atoms with van der Waals surface area (Å²) in [5, 5.41) is 18.4. The molecule has 1 aliphatic rings. The van der Waals surface area contributed by atoms with Crippen LogP contribution in [-0.2, 0) is 6.54 Å². The fourth-order valence-electron chi connectivity index (χ4n) is 2.91. The van der Waals surface area contributed by atoms with Crippen molar-refractivity contribution >= 4 is 17.2 Å². The average Bonchev–Trinajstić information content (AvgIpc) is 3.03. The zero-order valence-electron chi connectivity index (χ0n) is 14.5. The maximum Gasteiger partial charge on any atom is 0.294 e. The lowest BCUT2D eigenvalue weighted by atomic mass is 10.0. The number of nitrogens with zero attached hydrogens (tertiary/aromatic N) is 6. The topological polar surface area (TPSA) is 67.3 Å². The first-order chi connectivity index (χ1) is 11.7. The Balaban J connectivity index is 1.59. The zero-order chi connectivity index (χ0) is 16.9. The Kier molecular flexibility index (Phi) is 5.57. The Hall–Kier alpha value is -1.80. The molecule has 7 nitrogen and oxygen atoms in total. The average molecular weight is 348 g/mol. The normalized spacial score (nSPS) is 18.2. The Morgan fingerprint density at radius 1 is 1.29 bits per heavy atom. The molecule has 0 aliphatic carbocycles. The third-order valence-electron chi connectivity index (χ3n) is 4.23. The van der Waals surface area contributed by atoms with E-state index in [4.69, 9.17) is 4.74 Å². The summed E-state index contributed by atoms with van der Waals surface area (Å²) < 4.78 is 5.40. The van der Waals surface area contributed by atoms with E-state index in [0.717, 1.165) is 42.6 Å². The zero-order valence-corrected chi connectivity index (χ0v) is 15.3. The van der Waals surface area contributed by atoms with Gasteiger partial charge in [-0.1, -0.05) is 11.3 Å². The van der Waals surface area contributed by atoms with Crippen molar-refractivity contribution in [3.8, 4) is 5.19 Å². The maximum absolute atomic E-state index is 5.40. The highest BCUT2D eigenvalue weighted by Gasteiger charge is 2.25. The minimum atomic E-state index is 0.473. The Morgan fingerprint density at radius 2 is 2.17 bits per heavy atom. The van der Waals surface area contributed by atoms with Crippen molar-refractivity contribution in [2.24, 2.45) is 0 Å². The second kappa shape index (κ2) is 7.85. The van der Waals surface area contributed by atoms with Crippen LogP contribution in [0.1, 0.15) is 30.5 Å². The van der Waals surface area contributed by atoms with Gasteiger partial charge in [0, 0.05) is 19.1 Å². The Bertz CT molecular complexity index is 646. The standard InChI is InChI=1S/C16H24N6OS/c1-4-23-16-20-19-15(24-16)11-21(3)13-6-5-9-22(10-13)14-8-7-12(2)17-18-14/h7-8,13H,4-6,9-11H2,1-3H3/t13-/m0/s1. The molecule has 3 rings (SSSR count). The van der Waals surface area contributed by atoms with Gasteiger partial charge in [0.15, 0.2) is 5.82 Å². The molecule has 0 N–H and O–H groups in total. The van der Waals surface area contributed by atoms with Crippen LogP contribution in [0.3, 0.4) is 0 Å². The van der Waals surface area contributed by atoms with E-state index in [1.165, 1.54) is 17.8 Å². The molecule has 0 unspecified atom stereocenters. The minimum Gasteiger partial charge on any atom is -0.469 e. The van der Waals surface area contributed by atoms with Crippen molar-refractivity contribution in [2.45, 2.75) is 39.3 Å². The molecule has 24 heavy (non-hydrogen) atoms. The lowest BCUT2D eigenvalue weighted by Crippen LogP contribution is -2.46. The van der Waals surface area contributed by atoms with Crippen LogP contribution in [0.15, 0.2) is 12.1 Å². The van der Waals surface area contributed by atoms with Gasteiger partial charge >= 0.3 is 0 Å². The van der Waals surface area contributed by atoms with Crippen molar-refractivity contribution in [1.29, 1.82) is 0 Å². The molecular weight excluding hydrogens is 324 g/mol. The van der Waals surface area contributed by atoms with E-state index in [0.29, 0.717) is 17.8 Å². The molecule has 130 valence electrons. The first-order valence-corrected chi connectivity index (χ1v) is 9.18. The molecule has 0 saturated carbocycles. The van der Waals surface area contributed by atoms with Crippen LogP contribution < -0.4 is 9.64 Å². The molecule has 0 aromatic carbocycles. The highest BCUT2D eigenvalue weighted by molar-refractivity contribution is 7.13. The molecule has 2 aromatic heterocycles. The summed E-state index contributed by atoms with van der Waals surface area (Å²) in [6.45, 7) is 7.34. The number of anilines is 1. The summed E-state index contributed by atoms with van der Waals surface area (Å²) in [6.07, 6.45) is 2.34. The van der Waals surface area contributed by atoms with Gasteiger partial charge in [-0.05, 0) is 45.9 Å². The van der Waals surface area contributed by atoms with E-state index in [1.54, 1.807) is 0 Å². The first-order valence-electron chi connectivity index (χ1n) is 8.36. The van der Waals surface area contributed by atoms with Gasteiger partial charge < -0.3 is 9.64 Å². The lowest BCUT2D eigenvalue weighted by Gasteiger charge is -2.37. The second-order valence-electron chi connectivity index (χ2n) is 6.08. The molecular formula is C16H24N6OS. The number of aryl methyl sites for hydroxylation is 1. The molecule has 1 fully saturated rings. The van der Waals surface area contributed by atoms with Gasteiger partial charge in [0.1, 0.15) is 5.01 Å². The molecule has 1 saturated heterocycles. The molecule has 1 aliphatic heterocycles. The fourth-order valence-corrected chi connectivity index (χ4v) is 3.72. The molecule has 8 heteroatoms. The number of aromatic nitrogens is 4. The Labute approximate surface area is 146 Å². The van der Waals surface area contributed by atoms with Crippen LogP contribution >= 0.6 is 11.3 Å². The van der Waals surface area contributed by atoms with Crippen LogP contribution in [0.2, 0.25) is 0 Å². The van der Waals surface area contributed by atoms with Gasteiger partial charge in [-0.25, -0.2) is 0 Å². The number of ether oxygens (including phenoxy) is 1. The van der Waals surface area contributed by atoms with Crippen molar-refractivity contribution in [3.05, 3.63) is 22.8 Å². The number of hydrogen-bond acceptors (Lipinski definition) is 8. The lowest BCUT2D eigenvalue weighted by molar-refractivity contribution is 0.207. The summed E-state index contributed by atoms with van der Waals surface area (Å²) in [6, 6.07) is 4.55. The predicted octanol–water partition coefficient (Wildman–Crippen LogP) is 2.14. The van der Waals surface area contributed by atoms with Crippen molar-refractivity contribution < 1.29 is 4.74 Å². The van der Waals surface area contributed by atoms with Crippen LogP contribution in [0.25, 0.3) is 0 Å². The molecule has 1 atom stereocenters. The third kappa shape index (κ3) is 4.18. The molecule has 0 amide bonds. The van der Waals surface area contributed by atoms with E-state index in [9.17, 15) is 0 Å². The van der Waals surface area contributed by atoms with Gasteiger partial charge in [-0.15, -0.1) is 15.3 Å². The second-order valence-corrected chi connectivity index (χ2v) is 7.11. The number of likely N-dealkylation sites (N-methyl/N-ethyl adjacent to an activating group) is 1. The highest BCUT2D eigenvalue weighted by Crippen LogP contribution is 2.23. The predicted molar refractivity (Wildman–Crippen MR) is 94.5 cm³/mol. The van der Waals surface area contributed by atoms with Crippen molar-refractivity contribution in [3.63, 3.8) is 0 Å². The monoisotopic (exact) mass is 348 g/mol. The van der Waals surface area contributed by atoms with Crippen LogP contribution in [0.4, 0.5) is 5.82 Å². The van der Waals surface area contributed by atoms with E-state index in [-0.39, 0.29) is 0 Å². The summed E-state index contributed by atoms with van der Waals surface area (Å²) in [5.74, 6) is 0.966. The van der Waals surface area contributed by atoms with Crippen molar-refractivity contribution in [1.82, 2.24) is 25.3 Å². The summed E-state index contributed by atoms with van der Waals surface area (Å²) in [5.41, 5.74) is 0.950. The largest absolute Gasteiger partial charge is 0.469 e. The summed E-state index contributed by atoms with van der Waals surface area (Å²) in [4.78, 5) is 4.67. The molecule has 0 radical (unpaired) electrons. The summed E-state index contributed by atoms with van der Waals surface area (Å²) >= 11 is 1.53. The molecule has 2 aromatic rings. The number of piperidine rings is 1. The molecule has 0 spiro atoms. The SMILES string of the molecule is CCOc1nnc(CN(C)[C@H]2CCCN(c3ccc(C)nn3)C2)s1. The van der Waals surface area contributed by atoms with Gasteiger partial charge in [-0.3, -0.25) is 4.90 Å². The van der Waals surface area contributed by atoms with Crippen LogP contribution in [0.5, 0.6) is 5.19 Å². The fraction of sp³-hybridized carbons (Fsp3) is 0.625. The smallest absolute Gasteiger partial charge is 0.294 e. The molecule has 3 heterocycles. The Morgan fingerprint density at radius 3 is 2.92 bits per heavy atom. The van der Waals surface area contributed by atoms with E-state index >= 15 is 0 Å². The number of rotatable bonds is 6. The van der Waals surface area contributed by atoms with Gasteiger partial charge in [-0.2, -0.15) is 5.10 Å². The third-order valence-corrected chi connectivity index (χ3v) is 5.05. The molecule has 0 bridgehead atoms. The van der Waals surface area contributed by atoms with Crippen molar-refractivity contribution in [2.75, 3.05) is 31.6 Å². The highest BCUT2D eigenvalue weighted by atomic mass is 32.1. The van der Waals surface area contributed by atoms with E-state index in [1.807, 2.05) is 19.9 Å². The van der Waals surface area contributed by atoms with Gasteiger partial charge in [0.25, 0.3) is 5.19 Å². The maximum atomic E-state index is 5.40. The quantitative estimate of drug-likeness (QED) is 0.792. The van der Waals surface area contributed by atoms with E-state index < -0.39 is 0 Å². The van der Waals surface area contributed by atoms with Crippen LogP contribution in [0, 0.1) is 6.92 Å². The summed E-state index contributed by atoms with van der Waals surface area (Å²) in [7, 11) is 2.15.